The van der Waals surface area contributed by atoms with Crippen LogP contribution in [0.1, 0.15) is 126 Å². The molecule has 1 aliphatic carbocycles. The molecular formula is C33H48O3. The first-order valence-electron chi connectivity index (χ1n) is 14.6. The Morgan fingerprint density at radius 2 is 1.50 bits per heavy atom. The van der Waals surface area contributed by atoms with Crippen LogP contribution in [-0.2, 0) is 0 Å². The molecule has 36 heavy (non-hydrogen) atoms. The van der Waals surface area contributed by atoms with E-state index < -0.39 is 0 Å². The summed E-state index contributed by atoms with van der Waals surface area (Å²) in [4.78, 5) is 12.6. The lowest BCUT2D eigenvalue weighted by Crippen LogP contribution is -2.13. The van der Waals surface area contributed by atoms with Gasteiger partial charge in [-0.3, -0.25) is 0 Å². The Morgan fingerprint density at radius 3 is 2.17 bits per heavy atom. The van der Waals surface area contributed by atoms with E-state index in [1.165, 1.54) is 82.6 Å². The van der Waals surface area contributed by atoms with Crippen LogP contribution in [0, 0.1) is 11.8 Å². The summed E-state index contributed by atoms with van der Waals surface area (Å²) in [6.45, 7) is 7.49. The molecule has 1 aliphatic rings. The summed E-state index contributed by atoms with van der Waals surface area (Å²) in [6.07, 6.45) is 17.1. The van der Waals surface area contributed by atoms with Gasteiger partial charge in [-0.05, 0) is 98.2 Å². The zero-order valence-electron chi connectivity index (χ0n) is 23.0. The van der Waals surface area contributed by atoms with Gasteiger partial charge in [-0.2, -0.15) is 0 Å². The van der Waals surface area contributed by atoms with Crippen molar-refractivity contribution >= 4 is 5.97 Å². The van der Waals surface area contributed by atoms with Crippen LogP contribution in [0.4, 0.5) is 0 Å². The highest BCUT2D eigenvalue weighted by atomic mass is 16.5. The van der Waals surface area contributed by atoms with Crippen LogP contribution in [-0.4, -0.2) is 12.6 Å². The fourth-order valence-corrected chi connectivity index (χ4v) is 5.31. The number of carbonyl (C=O) groups excluding carboxylic acids is 1. The molecule has 1 atom stereocenters. The first kappa shape index (κ1) is 28.3. The first-order chi connectivity index (χ1) is 17.6. The fraction of sp³-hybridized carbons (Fsp3) is 0.606. The second-order valence-corrected chi connectivity index (χ2v) is 10.9. The van der Waals surface area contributed by atoms with E-state index >= 15 is 0 Å². The van der Waals surface area contributed by atoms with Crippen LogP contribution >= 0.6 is 0 Å². The number of hydrogen-bond donors (Lipinski definition) is 0. The summed E-state index contributed by atoms with van der Waals surface area (Å²) in [5.74, 6) is 3.38. The number of unbranched alkanes of at least 4 members (excludes halogenated alkanes) is 4. The van der Waals surface area contributed by atoms with E-state index in [2.05, 4.69) is 32.9 Å². The fourth-order valence-electron chi connectivity index (χ4n) is 5.31. The molecule has 198 valence electrons. The monoisotopic (exact) mass is 492 g/mol. The van der Waals surface area contributed by atoms with Crippen LogP contribution in [0.5, 0.6) is 11.5 Å². The van der Waals surface area contributed by atoms with Crippen molar-refractivity contribution in [2.75, 3.05) is 6.61 Å². The molecule has 2 aromatic rings. The van der Waals surface area contributed by atoms with E-state index in [0.717, 1.165) is 24.0 Å². The minimum Gasteiger partial charge on any atom is -0.494 e. The van der Waals surface area contributed by atoms with Gasteiger partial charge in [0.2, 0.25) is 0 Å². The number of rotatable bonds is 15. The second kappa shape index (κ2) is 15.7. The van der Waals surface area contributed by atoms with Crippen LogP contribution in [0.2, 0.25) is 0 Å². The van der Waals surface area contributed by atoms with Crippen molar-refractivity contribution < 1.29 is 14.3 Å². The van der Waals surface area contributed by atoms with E-state index in [4.69, 9.17) is 9.47 Å². The molecule has 0 spiro atoms. The lowest BCUT2D eigenvalue weighted by atomic mass is 9.77. The Hall–Kier alpha value is -2.29. The van der Waals surface area contributed by atoms with E-state index in [1.807, 2.05) is 24.3 Å². The van der Waals surface area contributed by atoms with Gasteiger partial charge in [-0.25, -0.2) is 4.79 Å². The molecule has 0 bridgehead atoms. The van der Waals surface area contributed by atoms with Crippen LogP contribution in [0.3, 0.4) is 0 Å². The van der Waals surface area contributed by atoms with Gasteiger partial charge in [-0.15, -0.1) is 0 Å². The van der Waals surface area contributed by atoms with E-state index in [1.54, 1.807) is 12.1 Å². The molecule has 3 nitrogen and oxygen atoms in total. The zero-order valence-corrected chi connectivity index (χ0v) is 23.0. The molecule has 1 fully saturated rings. The molecule has 2 aromatic carbocycles. The van der Waals surface area contributed by atoms with Crippen molar-refractivity contribution in [1.82, 2.24) is 0 Å². The molecule has 0 unspecified atom stereocenters. The van der Waals surface area contributed by atoms with Crippen LogP contribution in [0.25, 0.3) is 0 Å². The normalized spacial score (nSPS) is 18.5. The third-order valence-electron chi connectivity index (χ3n) is 8.02. The van der Waals surface area contributed by atoms with Gasteiger partial charge in [0, 0.05) is 0 Å². The van der Waals surface area contributed by atoms with Crippen LogP contribution in [0.15, 0.2) is 48.5 Å². The molecule has 0 aromatic heterocycles. The molecule has 3 heteroatoms. The zero-order chi connectivity index (χ0) is 25.6. The lowest BCUT2D eigenvalue weighted by Gasteiger charge is -2.29. The maximum Gasteiger partial charge on any atom is 0.343 e. The smallest absolute Gasteiger partial charge is 0.343 e. The second-order valence-electron chi connectivity index (χ2n) is 10.9. The minimum atomic E-state index is -0.328. The molecule has 0 heterocycles. The maximum absolute atomic E-state index is 12.6. The average Bonchev–Trinajstić information content (AvgIpc) is 2.92. The average molecular weight is 493 g/mol. The predicted molar refractivity (Wildman–Crippen MR) is 150 cm³/mol. The molecule has 0 radical (unpaired) electrons. The highest BCUT2D eigenvalue weighted by Gasteiger charge is 2.22. The number of ether oxygens (including phenoxy) is 2. The third-order valence-corrected chi connectivity index (χ3v) is 8.02. The number of benzene rings is 2. The molecule has 0 N–H and O–H groups in total. The lowest BCUT2D eigenvalue weighted by molar-refractivity contribution is 0.0734. The molecule has 0 saturated heterocycles. The highest BCUT2D eigenvalue weighted by Crippen LogP contribution is 2.38. The Morgan fingerprint density at radius 1 is 0.833 bits per heavy atom. The Bertz CT molecular complexity index is 863. The SMILES string of the molecule is CCCCCCC[C@H]1CC[C@H](c2ccc(OC(=O)c3ccc(OCCC[C@@H](C)CC)cc3)cc2)CC1. The molecule has 1 saturated carbocycles. The minimum absolute atomic E-state index is 0.328. The van der Waals surface area contributed by atoms with Crippen LogP contribution < -0.4 is 9.47 Å². The van der Waals surface area contributed by atoms with Crippen molar-refractivity contribution in [3.05, 3.63) is 59.7 Å². The highest BCUT2D eigenvalue weighted by molar-refractivity contribution is 5.91. The molecular weight excluding hydrogens is 444 g/mol. The van der Waals surface area contributed by atoms with Crippen molar-refractivity contribution in [3.63, 3.8) is 0 Å². The van der Waals surface area contributed by atoms with E-state index in [9.17, 15) is 4.79 Å². The summed E-state index contributed by atoms with van der Waals surface area (Å²) < 4.78 is 11.4. The number of esters is 1. The number of carbonyl (C=O) groups is 1. The van der Waals surface area contributed by atoms with E-state index in [-0.39, 0.29) is 5.97 Å². The molecule has 0 aliphatic heterocycles. The van der Waals surface area contributed by atoms with Crippen molar-refractivity contribution in [1.29, 1.82) is 0 Å². The number of hydrogen-bond acceptors (Lipinski definition) is 3. The largest absolute Gasteiger partial charge is 0.494 e. The van der Waals surface area contributed by atoms with Gasteiger partial charge >= 0.3 is 5.97 Å². The van der Waals surface area contributed by atoms with Gasteiger partial charge in [0.25, 0.3) is 0 Å². The van der Waals surface area contributed by atoms with Crippen molar-refractivity contribution in [3.8, 4) is 11.5 Å². The maximum atomic E-state index is 12.6. The third kappa shape index (κ3) is 9.64. The first-order valence-corrected chi connectivity index (χ1v) is 14.6. The van der Waals surface area contributed by atoms with Gasteiger partial charge in [0.1, 0.15) is 11.5 Å². The van der Waals surface area contributed by atoms with E-state index in [0.29, 0.717) is 23.8 Å². The van der Waals surface area contributed by atoms with Crippen molar-refractivity contribution in [2.24, 2.45) is 11.8 Å². The van der Waals surface area contributed by atoms with Gasteiger partial charge in [0.15, 0.2) is 0 Å². The quantitative estimate of drug-likeness (QED) is 0.141. The molecule has 0 amide bonds. The Balaban J connectivity index is 1.38. The molecule has 3 rings (SSSR count). The van der Waals surface area contributed by atoms with Gasteiger partial charge in [-0.1, -0.05) is 77.8 Å². The predicted octanol–water partition coefficient (Wildman–Crippen LogP) is 9.75. The van der Waals surface area contributed by atoms with Crippen molar-refractivity contribution in [2.45, 2.75) is 110 Å². The summed E-state index contributed by atoms with van der Waals surface area (Å²) in [5.41, 5.74) is 1.92. The Kier molecular flexibility index (Phi) is 12.4. The summed E-state index contributed by atoms with van der Waals surface area (Å²) >= 11 is 0. The summed E-state index contributed by atoms with van der Waals surface area (Å²) in [6, 6.07) is 15.5. The standard InChI is InChI=1S/C33H48O3/c1-4-6-7-8-9-12-27-13-15-28(16-14-27)29-17-23-32(24-18-29)36-33(34)30-19-21-31(22-20-30)35-25-10-11-26(3)5-2/h17-24,26-28H,4-16,25H2,1-3H3/t26-,27-,28-/m0/s1. The summed E-state index contributed by atoms with van der Waals surface area (Å²) in [7, 11) is 0. The topological polar surface area (TPSA) is 35.5 Å². The van der Waals surface area contributed by atoms with Gasteiger partial charge < -0.3 is 9.47 Å². The Labute approximate surface area is 220 Å². The van der Waals surface area contributed by atoms with Gasteiger partial charge in [0.05, 0.1) is 12.2 Å². The summed E-state index contributed by atoms with van der Waals surface area (Å²) in [5, 5.41) is 0.